The van der Waals surface area contributed by atoms with Crippen LogP contribution in [0.15, 0.2) is 47.3 Å². The molecule has 24 heavy (non-hydrogen) atoms. The van der Waals surface area contributed by atoms with Gasteiger partial charge in [0.2, 0.25) is 0 Å². The summed E-state index contributed by atoms with van der Waals surface area (Å²) in [4.78, 5) is 29.2. The van der Waals surface area contributed by atoms with Gasteiger partial charge in [0.05, 0.1) is 16.6 Å². The number of hydrogen-bond acceptors (Lipinski definition) is 3. The molecule has 2 aromatic carbocycles. The van der Waals surface area contributed by atoms with Gasteiger partial charge in [-0.3, -0.25) is 14.2 Å². The van der Waals surface area contributed by atoms with E-state index in [1.54, 1.807) is 34.9 Å². The topological polar surface area (TPSA) is 64.0 Å². The number of nitrogens with one attached hydrogen (secondary N) is 1. The molecule has 1 aliphatic rings. The minimum absolute atomic E-state index is 0.0754. The summed E-state index contributed by atoms with van der Waals surface area (Å²) >= 11 is 0. The summed E-state index contributed by atoms with van der Waals surface area (Å²) in [6, 6.07) is 10.7. The van der Waals surface area contributed by atoms with Crippen molar-refractivity contribution in [3.63, 3.8) is 0 Å². The Bertz CT molecular complexity index is 1030. The predicted octanol–water partition coefficient (Wildman–Crippen LogP) is 2.73. The first-order chi connectivity index (χ1) is 11.6. The lowest BCUT2D eigenvalue weighted by Gasteiger charge is -2.08. The van der Waals surface area contributed by atoms with Crippen LogP contribution in [0.1, 0.15) is 22.6 Å². The average molecular weight is 323 g/mol. The number of aromatic nitrogens is 2. The molecule has 0 radical (unpaired) electrons. The molecule has 0 saturated carbocycles. The van der Waals surface area contributed by atoms with Gasteiger partial charge in [-0.1, -0.05) is 12.1 Å². The first-order valence-electron chi connectivity index (χ1n) is 7.73. The molecule has 1 amide bonds. The lowest BCUT2D eigenvalue weighted by Crippen LogP contribution is -2.21. The SMILES string of the molecule is O=C(Nc1ccccc1F)c1ccc2c(=O)n3c(nc2c1)CCC3. The summed E-state index contributed by atoms with van der Waals surface area (Å²) in [7, 11) is 0. The van der Waals surface area contributed by atoms with Crippen LogP contribution in [0.4, 0.5) is 10.1 Å². The van der Waals surface area contributed by atoms with Gasteiger partial charge in [0, 0.05) is 18.5 Å². The summed E-state index contributed by atoms with van der Waals surface area (Å²) in [5.41, 5.74) is 0.869. The zero-order valence-electron chi connectivity index (χ0n) is 12.8. The van der Waals surface area contributed by atoms with Crippen LogP contribution in [0.3, 0.4) is 0 Å². The number of para-hydroxylation sites is 1. The summed E-state index contributed by atoms with van der Waals surface area (Å²) < 4.78 is 15.3. The van der Waals surface area contributed by atoms with Crippen molar-refractivity contribution in [1.29, 1.82) is 0 Å². The molecule has 1 N–H and O–H groups in total. The van der Waals surface area contributed by atoms with Crippen molar-refractivity contribution < 1.29 is 9.18 Å². The maximum absolute atomic E-state index is 13.7. The Morgan fingerprint density at radius 3 is 2.88 bits per heavy atom. The highest BCUT2D eigenvalue weighted by atomic mass is 19.1. The Hall–Kier alpha value is -3.02. The van der Waals surface area contributed by atoms with Gasteiger partial charge in [0.25, 0.3) is 11.5 Å². The van der Waals surface area contributed by atoms with E-state index in [4.69, 9.17) is 0 Å². The summed E-state index contributed by atoms with van der Waals surface area (Å²) in [5, 5.41) is 3.02. The maximum atomic E-state index is 13.7. The van der Waals surface area contributed by atoms with Crippen LogP contribution < -0.4 is 10.9 Å². The van der Waals surface area contributed by atoms with Gasteiger partial charge in [-0.2, -0.15) is 0 Å². The Morgan fingerprint density at radius 2 is 2.04 bits per heavy atom. The van der Waals surface area contributed by atoms with Crippen molar-refractivity contribution in [3.05, 3.63) is 70.0 Å². The first kappa shape index (κ1) is 14.6. The molecule has 1 aliphatic heterocycles. The molecule has 1 aromatic heterocycles. The van der Waals surface area contributed by atoms with Gasteiger partial charge in [0.15, 0.2) is 0 Å². The number of hydrogen-bond donors (Lipinski definition) is 1. The number of anilines is 1. The molecule has 0 aliphatic carbocycles. The van der Waals surface area contributed by atoms with Crippen molar-refractivity contribution >= 4 is 22.5 Å². The van der Waals surface area contributed by atoms with Crippen molar-refractivity contribution in [1.82, 2.24) is 9.55 Å². The smallest absolute Gasteiger partial charge is 0.261 e. The Kier molecular flexibility index (Phi) is 3.37. The van der Waals surface area contributed by atoms with E-state index in [1.165, 1.54) is 12.1 Å². The number of rotatable bonds is 2. The number of halogens is 1. The summed E-state index contributed by atoms with van der Waals surface area (Å²) in [6.07, 6.45) is 1.66. The lowest BCUT2D eigenvalue weighted by atomic mass is 10.1. The predicted molar refractivity (Wildman–Crippen MR) is 88.7 cm³/mol. The number of nitrogens with zero attached hydrogens (tertiary/aromatic N) is 2. The van der Waals surface area contributed by atoms with Gasteiger partial charge in [-0.05, 0) is 36.8 Å². The van der Waals surface area contributed by atoms with Crippen molar-refractivity contribution in [2.45, 2.75) is 19.4 Å². The minimum Gasteiger partial charge on any atom is -0.319 e. The van der Waals surface area contributed by atoms with Crippen LogP contribution in [-0.4, -0.2) is 15.5 Å². The van der Waals surface area contributed by atoms with Crippen LogP contribution in [0.5, 0.6) is 0 Å². The monoisotopic (exact) mass is 323 g/mol. The van der Waals surface area contributed by atoms with E-state index in [0.717, 1.165) is 18.7 Å². The second-order valence-electron chi connectivity index (χ2n) is 5.75. The Balaban J connectivity index is 1.73. The third kappa shape index (κ3) is 2.36. The molecule has 0 spiro atoms. The number of fused-ring (bicyclic) bond motifs is 2. The maximum Gasteiger partial charge on any atom is 0.261 e. The Labute approximate surface area is 136 Å². The zero-order chi connectivity index (χ0) is 16.7. The fourth-order valence-electron chi connectivity index (χ4n) is 2.98. The number of carbonyl (C=O) groups excluding carboxylic acids is 1. The van der Waals surface area contributed by atoms with E-state index in [9.17, 15) is 14.0 Å². The van der Waals surface area contributed by atoms with Gasteiger partial charge >= 0.3 is 0 Å². The van der Waals surface area contributed by atoms with E-state index in [1.807, 2.05) is 0 Å². The highest BCUT2D eigenvalue weighted by Gasteiger charge is 2.17. The molecule has 3 aromatic rings. The second-order valence-corrected chi connectivity index (χ2v) is 5.75. The van der Waals surface area contributed by atoms with Crippen LogP contribution in [0.2, 0.25) is 0 Å². The van der Waals surface area contributed by atoms with Gasteiger partial charge in [-0.25, -0.2) is 9.37 Å². The quantitative estimate of drug-likeness (QED) is 0.789. The minimum atomic E-state index is -0.499. The molecule has 6 heteroatoms. The molecule has 2 heterocycles. The van der Waals surface area contributed by atoms with E-state index in [-0.39, 0.29) is 11.2 Å². The standard InChI is InChI=1S/C18H14FN3O2/c19-13-4-1-2-5-14(13)21-17(23)11-7-8-12-15(10-11)20-16-6-3-9-22(16)18(12)24/h1-2,4-5,7-8,10H,3,6,9H2,(H,21,23). The molecule has 0 atom stereocenters. The van der Waals surface area contributed by atoms with Crippen molar-refractivity contribution in [2.24, 2.45) is 0 Å². The number of aryl methyl sites for hydroxylation is 1. The van der Waals surface area contributed by atoms with E-state index in [0.29, 0.717) is 23.0 Å². The van der Waals surface area contributed by atoms with Crippen molar-refractivity contribution in [3.8, 4) is 0 Å². The Morgan fingerprint density at radius 1 is 1.21 bits per heavy atom. The van der Waals surface area contributed by atoms with Gasteiger partial charge < -0.3 is 5.32 Å². The molecule has 0 unspecified atom stereocenters. The zero-order valence-corrected chi connectivity index (χ0v) is 12.8. The van der Waals surface area contributed by atoms with Crippen molar-refractivity contribution in [2.75, 3.05) is 5.32 Å². The molecule has 0 bridgehead atoms. The fraction of sp³-hybridized carbons (Fsp3) is 0.167. The number of amides is 1. The molecule has 120 valence electrons. The molecular weight excluding hydrogens is 309 g/mol. The highest BCUT2D eigenvalue weighted by Crippen LogP contribution is 2.18. The van der Waals surface area contributed by atoms with Crippen LogP contribution >= 0.6 is 0 Å². The molecule has 5 nitrogen and oxygen atoms in total. The highest BCUT2D eigenvalue weighted by molar-refractivity contribution is 6.06. The van der Waals surface area contributed by atoms with E-state index >= 15 is 0 Å². The summed E-state index contributed by atoms with van der Waals surface area (Å²) in [5.74, 6) is -0.190. The number of carbonyl (C=O) groups is 1. The summed E-state index contributed by atoms with van der Waals surface area (Å²) in [6.45, 7) is 0.687. The van der Waals surface area contributed by atoms with Gasteiger partial charge in [-0.15, -0.1) is 0 Å². The molecule has 0 saturated heterocycles. The second kappa shape index (κ2) is 5.56. The van der Waals surface area contributed by atoms with E-state index < -0.39 is 11.7 Å². The third-order valence-corrected chi connectivity index (χ3v) is 4.20. The molecule has 4 rings (SSSR count). The molecular formula is C18H14FN3O2. The third-order valence-electron chi connectivity index (χ3n) is 4.20. The van der Waals surface area contributed by atoms with Crippen LogP contribution in [-0.2, 0) is 13.0 Å². The van der Waals surface area contributed by atoms with Crippen LogP contribution in [0.25, 0.3) is 10.9 Å². The normalized spacial score (nSPS) is 13.0. The van der Waals surface area contributed by atoms with Gasteiger partial charge in [0.1, 0.15) is 11.6 Å². The average Bonchev–Trinajstić information content (AvgIpc) is 3.05. The largest absolute Gasteiger partial charge is 0.319 e. The molecule has 0 fully saturated rings. The van der Waals surface area contributed by atoms with Crippen LogP contribution in [0, 0.1) is 5.82 Å². The number of benzene rings is 2. The fourth-order valence-corrected chi connectivity index (χ4v) is 2.98. The lowest BCUT2D eigenvalue weighted by molar-refractivity contribution is 0.102. The first-order valence-corrected chi connectivity index (χ1v) is 7.73. The van der Waals surface area contributed by atoms with E-state index in [2.05, 4.69) is 10.3 Å².